The van der Waals surface area contributed by atoms with Crippen LogP contribution in [0.5, 0.6) is 0 Å². The quantitative estimate of drug-likeness (QED) is 0.883. The average Bonchev–Trinajstić information content (AvgIpc) is 2.92. The van der Waals surface area contributed by atoms with E-state index in [0.29, 0.717) is 4.90 Å². The maximum absolute atomic E-state index is 12.7. The van der Waals surface area contributed by atoms with Gasteiger partial charge in [0.25, 0.3) is 0 Å². The Morgan fingerprint density at radius 2 is 1.95 bits per heavy atom. The predicted octanol–water partition coefficient (Wildman–Crippen LogP) is 1.02. The second-order valence-electron chi connectivity index (χ2n) is 5.89. The smallest absolute Gasteiger partial charge is 0.185 e. The molecule has 0 bridgehead atoms. The van der Waals surface area contributed by atoms with Crippen molar-refractivity contribution in [2.45, 2.75) is 47.9 Å². The fourth-order valence-electron chi connectivity index (χ4n) is 2.90. The number of aliphatic hydroxyl groups is 1. The van der Waals surface area contributed by atoms with Gasteiger partial charge in [-0.1, -0.05) is 18.2 Å². The summed E-state index contributed by atoms with van der Waals surface area (Å²) in [6, 6.07) is 8.81. The van der Waals surface area contributed by atoms with Crippen LogP contribution in [-0.2, 0) is 25.1 Å². The van der Waals surface area contributed by atoms with Gasteiger partial charge in [-0.25, -0.2) is 0 Å². The molecule has 2 aliphatic rings. The van der Waals surface area contributed by atoms with Gasteiger partial charge in [-0.2, -0.15) is 0 Å². The molecule has 0 radical (unpaired) electrons. The zero-order valence-electron chi connectivity index (χ0n) is 11.9. The number of hydrogen-bond acceptors (Lipinski definition) is 5. The monoisotopic (exact) mass is 310 g/mol. The summed E-state index contributed by atoms with van der Waals surface area (Å²) in [5.41, 5.74) is -1.38. The van der Waals surface area contributed by atoms with Gasteiger partial charge in [0.15, 0.2) is 17.2 Å². The van der Waals surface area contributed by atoms with Crippen molar-refractivity contribution in [1.29, 1.82) is 0 Å². The van der Waals surface area contributed by atoms with Gasteiger partial charge < -0.3 is 14.6 Å². The Balaban J connectivity index is 1.88. The molecule has 3 rings (SSSR count). The molecule has 5 nitrogen and oxygen atoms in total. The molecule has 1 aromatic rings. The van der Waals surface area contributed by atoms with E-state index < -0.39 is 33.5 Å². The van der Waals surface area contributed by atoms with Gasteiger partial charge in [0.2, 0.25) is 0 Å². The third kappa shape index (κ3) is 2.36. The van der Waals surface area contributed by atoms with Crippen LogP contribution in [0.1, 0.15) is 20.3 Å². The number of Topliss-reactive ketones (excluding diaryl/α,β-unsaturated/α-hetero) is 1. The molecule has 6 heteroatoms. The second kappa shape index (κ2) is 4.98. The minimum atomic E-state index is -1.50. The van der Waals surface area contributed by atoms with Gasteiger partial charge in [-0.3, -0.25) is 9.00 Å². The third-order valence-corrected chi connectivity index (χ3v) is 5.64. The van der Waals surface area contributed by atoms with E-state index >= 15 is 0 Å². The van der Waals surface area contributed by atoms with Crippen molar-refractivity contribution in [3.05, 3.63) is 30.3 Å². The van der Waals surface area contributed by atoms with Gasteiger partial charge in [-0.15, -0.1) is 0 Å². The van der Waals surface area contributed by atoms with Gasteiger partial charge in [-0.05, 0) is 32.4 Å². The highest BCUT2D eigenvalue weighted by Gasteiger charge is 2.63. The number of hydrogen-bond donors (Lipinski definition) is 1. The molecule has 1 aliphatic heterocycles. The first kappa shape index (κ1) is 14.8. The first-order chi connectivity index (χ1) is 9.86. The van der Waals surface area contributed by atoms with Crippen molar-refractivity contribution in [2.24, 2.45) is 0 Å². The molecule has 1 spiro atoms. The van der Waals surface area contributed by atoms with Crippen molar-refractivity contribution < 1.29 is 23.6 Å². The number of ether oxygens (including phenoxy) is 2. The summed E-state index contributed by atoms with van der Waals surface area (Å²) in [7, 11) is -1.50. The lowest BCUT2D eigenvalue weighted by molar-refractivity contribution is -0.182. The number of ketones is 1. The first-order valence-electron chi connectivity index (χ1n) is 6.88. The molecule has 1 aromatic carbocycles. The highest BCUT2D eigenvalue weighted by atomic mass is 32.2. The molecule has 1 saturated heterocycles. The molecule has 1 N–H and O–H groups in total. The summed E-state index contributed by atoms with van der Waals surface area (Å²) in [5, 5.41) is 9.52. The number of carbonyl (C=O) groups excluding carboxylic acids is 1. The fourth-order valence-corrected chi connectivity index (χ4v) is 4.41. The number of carbonyl (C=O) groups is 1. The van der Waals surface area contributed by atoms with Crippen LogP contribution in [0.3, 0.4) is 0 Å². The summed E-state index contributed by atoms with van der Waals surface area (Å²) < 4.78 is 23.7. The summed E-state index contributed by atoms with van der Waals surface area (Å²) in [6.07, 6.45) is -0.871. The van der Waals surface area contributed by atoms with Crippen LogP contribution in [0.15, 0.2) is 35.2 Å². The number of aliphatic hydroxyl groups excluding tert-OH is 1. The van der Waals surface area contributed by atoms with Crippen molar-refractivity contribution in [3.63, 3.8) is 0 Å². The standard InChI is InChI=1S/C15H18O5S/c1-14(2)19-9-15(20-14)12(16)8-11(13(15)17)21(18)10-6-4-3-5-7-10/h3-7,11-12,16H,8-9H2,1-2H3. The van der Waals surface area contributed by atoms with E-state index in [1.54, 1.807) is 38.1 Å². The molecule has 1 aliphatic carbocycles. The summed E-state index contributed by atoms with van der Waals surface area (Å²) in [4.78, 5) is 13.3. The summed E-state index contributed by atoms with van der Waals surface area (Å²) in [6.45, 7) is 3.40. The highest BCUT2D eigenvalue weighted by Crippen LogP contribution is 2.42. The van der Waals surface area contributed by atoms with Crippen LogP contribution in [0.2, 0.25) is 0 Å². The largest absolute Gasteiger partial charge is 0.389 e. The van der Waals surface area contributed by atoms with Crippen LogP contribution in [-0.4, -0.2) is 44.4 Å². The maximum atomic E-state index is 12.7. The molecule has 21 heavy (non-hydrogen) atoms. The van der Waals surface area contributed by atoms with E-state index in [2.05, 4.69) is 0 Å². The van der Waals surface area contributed by atoms with E-state index in [0.717, 1.165) is 0 Å². The van der Waals surface area contributed by atoms with E-state index in [1.165, 1.54) is 0 Å². The minimum Gasteiger partial charge on any atom is -0.389 e. The summed E-state index contributed by atoms with van der Waals surface area (Å²) in [5.74, 6) is -1.25. The molecule has 0 aromatic heterocycles. The normalized spacial score (nSPS) is 36.2. The Bertz CT molecular complexity index is 585. The van der Waals surface area contributed by atoms with Crippen LogP contribution in [0.4, 0.5) is 0 Å². The Labute approximate surface area is 125 Å². The minimum absolute atomic E-state index is 0.00247. The van der Waals surface area contributed by atoms with Gasteiger partial charge in [0.05, 0.1) is 23.5 Å². The van der Waals surface area contributed by atoms with E-state index in [-0.39, 0.29) is 18.8 Å². The number of benzene rings is 1. The SMILES string of the molecule is CC1(C)OCC2(O1)C(=O)C(S(=O)c1ccccc1)CC2O. The van der Waals surface area contributed by atoms with Crippen LogP contribution < -0.4 is 0 Å². The fraction of sp³-hybridized carbons (Fsp3) is 0.533. The topological polar surface area (TPSA) is 72.8 Å². The van der Waals surface area contributed by atoms with Gasteiger partial charge in [0.1, 0.15) is 5.25 Å². The Kier molecular flexibility index (Phi) is 3.52. The van der Waals surface area contributed by atoms with E-state index in [4.69, 9.17) is 9.47 Å². The molecular formula is C15H18O5S. The molecule has 114 valence electrons. The van der Waals surface area contributed by atoms with Crippen molar-refractivity contribution in [2.75, 3.05) is 6.61 Å². The molecule has 4 atom stereocenters. The number of rotatable bonds is 2. The predicted molar refractivity (Wildman–Crippen MR) is 76.1 cm³/mol. The Morgan fingerprint density at radius 1 is 1.29 bits per heavy atom. The van der Waals surface area contributed by atoms with Crippen LogP contribution in [0.25, 0.3) is 0 Å². The molecule has 1 saturated carbocycles. The zero-order valence-corrected chi connectivity index (χ0v) is 12.8. The zero-order chi connectivity index (χ0) is 15.3. The van der Waals surface area contributed by atoms with Crippen LogP contribution in [0, 0.1) is 0 Å². The average molecular weight is 310 g/mol. The second-order valence-corrected chi connectivity index (χ2v) is 7.53. The highest BCUT2D eigenvalue weighted by molar-refractivity contribution is 7.86. The van der Waals surface area contributed by atoms with Gasteiger partial charge >= 0.3 is 0 Å². The molecule has 1 heterocycles. The Morgan fingerprint density at radius 3 is 2.52 bits per heavy atom. The molecule has 0 amide bonds. The Hall–Kier alpha value is -1.08. The van der Waals surface area contributed by atoms with Crippen LogP contribution >= 0.6 is 0 Å². The molecule has 2 fully saturated rings. The lowest BCUT2D eigenvalue weighted by atomic mass is 10.0. The van der Waals surface area contributed by atoms with E-state index in [9.17, 15) is 14.1 Å². The van der Waals surface area contributed by atoms with E-state index in [1.807, 2.05) is 6.07 Å². The molecular weight excluding hydrogens is 292 g/mol. The third-order valence-electron chi connectivity index (χ3n) is 3.98. The first-order valence-corrected chi connectivity index (χ1v) is 8.09. The lowest BCUT2D eigenvalue weighted by Gasteiger charge is -2.26. The van der Waals surface area contributed by atoms with Crippen molar-refractivity contribution in [3.8, 4) is 0 Å². The van der Waals surface area contributed by atoms with Gasteiger partial charge in [0, 0.05) is 4.90 Å². The lowest BCUT2D eigenvalue weighted by Crippen LogP contribution is -2.48. The maximum Gasteiger partial charge on any atom is 0.185 e. The van der Waals surface area contributed by atoms with Crippen molar-refractivity contribution >= 4 is 16.6 Å². The summed E-state index contributed by atoms with van der Waals surface area (Å²) >= 11 is 0. The molecule has 4 unspecified atom stereocenters. The van der Waals surface area contributed by atoms with Crippen molar-refractivity contribution in [1.82, 2.24) is 0 Å².